The Hall–Kier alpha value is -4.64. The summed E-state index contributed by atoms with van der Waals surface area (Å²) in [6, 6.07) is 17.2. The van der Waals surface area contributed by atoms with Gasteiger partial charge in [0.2, 0.25) is 5.88 Å². The van der Waals surface area contributed by atoms with Crippen molar-refractivity contribution in [2.24, 2.45) is 10.9 Å². The third-order valence-electron chi connectivity index (χ3n) is 5.80. The van der Waals surface area contributed by atoms with E-state index in [0.29, 0.717) is 16.6 Å². The number of hydrogen-bond donors (Lipinski definition) is 4. The van der Waals surface area contributed by atoms with Crippen molar-refractivity contribution in [3.05, 3.63) is 94.5 Å². The lowest BCUT2D eigenvalue weighted by atomic mass is 10.0. The average Bonchev–Trinajstić information content (AvgIpc) is 3.14. The molecule has 196 valence electrons. The van der Waals surface area contributed by atoms with Gasteiger partial charge in [0.1, 0.15) is 12.3 Å². The summed E-state index contributed by atoms with van der Waals surface area (Å²) in [4.78, 5) is 12.3. The van der Waals surface area contributed by atoms with E-state index in [-0.39, 0.29) is 29.2 Å². The van der Waals surface area contributed by atoms with E-state index in [2.05, 4.69) is 10.5 Å². The highest BCUT2D eigenvalue weighted by Gasteiger charge is 2.32. The van der Waals surface area contributed by atoms with Gasteiger partial charge in [-0.15, -0.1) is 0 Å². The van der Waals surface area contributed by atoms with Gasteiger partial charge in [0, 0.05) is 16.6 Å². The van der Waals surface area contributed by atoms with Crippen molar-refractivity contribution in [2.45, 2.75) is 20.0 Å². The number of aromatic nitrogens is 1. The molecule has 0 saturated carbocycles. The first-order valence-electron chi connectivity index (χ1n) is 11.5. The highest BCUT2D eigenvalue weighted by molar-refractivity contribution is 6.21. The van der Waals surface area contributed by atoms with Gasteiger partial charge in [0.15, 0.2) is 0 Å². The van der Waals surface area contributed by atoms with Crippen LogP contribution in [0.5, 0.6) is 5.88 Å². The number of aromatic hydroxyl groups is 1. The number of amides is 1. The number of alkyl halides is 3. The lowest BCUT2D eigenvalue weighted by molar-refractivity contribution is -0.137. The predicted molar refractivity (Wildman–Crippen MR) is 139 cm³/mol. The molecule has 0 aliphatic heterocycles. The number of halogens is 3. The van der Waals surface area contributed by atoms with Crippen LogP contribution in [0.1, 0.15) is 27.8 Å². The van der Waals surface area contributed by atoms with Crippen LogP contribution in [-0.2, 0) is 11.0 Å². The van der Waals surface area contributed by atoms with Crippen molar-refractivity contribution in [1.82, 2.24) is 15.0 Å². The molecule has 0 aliphatic carbocycles. The Balaban J connectivity index is 2.01. The lowest BCUT2D eigenvalue weighted by Crippen LogP contribution is -2.39. The lowest BCUT2D eigenvalue weighted by Gasteiger charge is -2.12. The van der Waals surface area contributed by atoms with Gasteiger partial charge in [0.05, 0.1) is 23.0 Å². The second-order valence-corrected chi connectivity index (χ2v) is 8.77. The minimum atomic E-state index is -4.60. The van der Waals surface area contributed by atoms with Gasteiger partial charge in [-0.3, -0.25) is 19.8 Å². The minimum absolute atomic E-state index is 0.115. The predicted octanol–water partition coefficient (Wildman–Crippen LogP) is 4.62. The molecule has 0 spiro atoms. The number of hydrazine groups is 1. The molecular formula is C27H25F3N6O2. The van der Waals surface area contributed by atoms with Gasteiger partial charge in [-0.05, 0) is 49.2 Å². The molecule has 0 unspecified atom stereocenters. The molecule has 0 radical (unpaired) electrons. The molecule has 5 N–H and O–H groups in total. The molecule has 3 aromatic carbocycles. The van der Waals surface area contributed by atoms with Crippen molar-refractivity contribution in [3.63, 3.8) is 0 Å². The van der Waals surface area contributed by atoms with Gasteiger partial charge >= 0.3 is 6.18 Å². The largest absolute Gasteiger partial charge is 0.494 e. The van der Waals surface area contributed by atoms with Crippen LogP contribution >= 0.6 is 0 Å². The average molecular weight is 523 g/mol. The topological polar surface area (TPSA) is 120 Å². The van der Waals surface area contributed by atoms with Crippen LogP contribution in [0.25, 0.3) is 16.6 Å². The van der Waals surface area contributed by atoms with E-state index in [1.54, 1.807) is 42.5 Å². The summed E-state index contributed by atoms with van der Waals surface area (Å²) in [5.74, 6) is 4.50. The molecule has 8 nitrogen and oxygen atoms in total. The van der Waals surface area contributed by atoms with E-state index in [4.69, 9.17) is 11.3 Å². The Bertz CT molecular complexity index is 1520. The normalized spacial score (nSPS) is 12.0. The van der Waals surface area contributed by atoms with Crippen molar-refractivity contribution in [1.29, 1.82) is 5.41 Å². The van der Waals surface area contributed by atoms with E-state index in [9.17, 15) is 23.1 Å². The first kappa shape index (κ1) is 26.4. The van der Waals surface area contributed by atoms with Gasteiger partial charge in [-0.25, -0.2) is 11.3 Å². The number of fused-ring (bicyclic) bond motifs is 1. The third-order valence-corrected chi connectivity index (χ3v) is 5.80. The molecule has 38 heavy (non-hydrogen) atoms. The monoisotopic (exact) mass is 522 g/mol. The number of hydrazone groups is 1. The summed E-state index contributed by atoms with van der Waals surface area (Å²) < 4.78 is 42.4. The van der Waals surface area contributed by atoms with Crippen LogP contribution in [0.15, 0.2) is 71.8 Å². The number of nitrogens with two attached hydrogens (primary N) is 1. The Morgan fingerprint density at radius 2 is 1.76 bits per heavy atom. The van der Waals surface area contributed by atoms with E-state index in [1.165, 1.54) is 10.6 Å². The maximum absolute atomic E-state index is 13.7. The van der Waals surface area contributed by atoms with Crippen molar-refractivity contribution in [2.75, 3.05) is 6.54 Å². The number of rotatable bonds is 7. The SMILES string of the molecule is Cc1cc(C)cc(-n2c(O)c(/C(=N/NC(=O)CN(N)C=N)c3ccccc3)c3ccc(C(F)(F)F)cc32)c1. The number of benzene rings is 3. The zero-order valence-electron chi connectivity index (χ0n) is 20.5. The van der Waals surface area contributed by atoms with Crippen molar-refractivity contribution < 1.29 is 23.1 Å². The molecule has 0 saturated heterocycles. The summed E-state index contributed by atoms with van der Waals surface area (Å²) in [7, 11) is 0. The molecule has 1 heterocycles. The van der Waals surface area contributed by atoms with Crippen molar-refractivity contribution >= 4 is 28.9 Å². The summed E-state index contributed by atoms with van der Waals surface area (Å²) in [6.45, 7) is 3.34. The van der Waals surface area contributed by atoms with Crippen LogP contribution in [0.3, 0.4) is 0 Å². The first-order valence-corrected chi connectivity index (χ1v) is 11.5. The minimum Gasteiger partial charge on any atom is -0.494 e. The highest BCUT2D eigenvalue weighted by Crippen LogP contribution is 2.39. The maximum Gasteiger partial charge on any atom is 0.416 e. The number of nitrogens with zero attached hydrogens (tertiary/aromatic N) is 3. The zero-order chi connectivity index (χ0) is 27.6. The molecule has 0 atom stereocenters. The quantitative estimate of drug-likeness (QED) is 0.123. The smallest absolute Gasteiger partial charge is 0.416 e. The Kier molecular flexibility index (Phi) is 7.22. The Morgan fingerprint density at radius 3 is 2.37 bits per heavy atom. The number of carbonyl (C=O) groups is 1. The van der Waals surface area contributed by atoms with E-state index in [0.717, 1.165) is 34.6 Å². The Morgan fingerprint density at radius 1 is 1.11 bits per heavy atom. The van der Waals surface area contributed by atoms with Crippen LogP contribution in [0, 0.1) is 19.3 Å². The molecule has 0 bridgehead atoms. The second-order valence-electron chi connectivity index (χ2n) is 8.77. The second kappa shape index (κ2) is 10.4. The first-order chi connectivity index (χ1) is 18.0. The van der Waals surface area contributed by atoms with Crippen LogP contribution in [0.2, 0.25) is 0 Å². The van der Waals surface area contributed by atoms with Gasteiger partial charge in [-0.2, -0.15) is 18.3 Å². The number of carbonyl (C=O) groups excluding carboxylic acids is 1. The standard InChI is InChI=1S/C27H25F3N6O2/c1-16-10-17(2)12-20(11-16)36-22-13-19(27(28,29)30)8-9-21(22)24(26(36)38)25(18-6-4-3-5-7-18)34-33-23(37)14-35(32)15-31/h3-13,15,31,38H,14,32H2,1-2H3,(H,33,37)/b31-15?,34-25+. The summed E-state index contributed by atoms with van der Waals surface area (Å²) in [5.41, 5.74) is 4.55. The highest BCUT2D eigenvalue weighted by atomic mass is 19.4. The zero-order valence-corrected chi connectivity index (χ0v) is 20.5. The molecule has 4 rings (SSSR count). The van der Waals surface area contributed by atoms with E-state index < -0.39 is 17.6 Å². The van der Waals surface area contributed by atoms with Crippen LogP contribution in [-0.4, -0.2) is 39.2 Å². The molecule has 11 heteroatoms. The van der Waals surface area contributed by atoms with Gasteiger partial charge in [0.25, 0.3) is 5.91 Å². The van der Waals surface area contributed by atoms with Crippen LogP contribution < -0.4 is 11.3 Å². The Labute approximate surface area is 216 Å². The van der Waals surface area contributed by atoms with E-state index >= 15 is 0 Å². The van der Waals surface area contributed by atoms with Crippen LogP contribution in [0.4, 0.5) is 13.2 Å². The summed E-state index contributed by atoms with van der Waals surface area (Å²) in [6.07, 6.45) is -3.84. The fraction of sp³-hybridized carbons (Fsp3) is 0.148. The fourth-order valence-corrected chi connectivity index (χ4v) is 4.25. The number of hydrogen-bond acceptors (Lipinski definition) is 5. The molecular weight excluding hydrogens is 497 g/mol. The molecule has 4 aromatic rings. The third kappa shape index (κ3) is 5.37. The number of nitrogens with one attached hydrogen (secondary N) is 2. The van der Waals surface area contributed by atoms with E-state index in [1.807, 2.05) is 19.9 Å². The molecule has 1 aromatic heterocycles. The number of aryl methyl sites for hydroxylation is 2. The summed E-state index contributed by atoms with van der Waals surface area (Å²) >= 11 is 0. The van der Waals surface area contributed by atoms with Gasteiger partial charge in [-0.1, -0.05) is 42.5 Å². The molecule has 1 amide bonds. The van der Waals surface area contributed by atoms with Gasteiger partial charge < -0.3 is 5.11 Å². The molecule has 0 aliphatic rings. The maximum atomic E-state index is 13.7. The van der Waals surface area contributed by atoms with Crippen molar-refractivity contribution in [3.8, 4) is 11.6 Å². The fourth-order valence-electron chi connectivity index (χ4n) is 4.25. The molecule has 0 fully saturated rings. The summed E-state index contributed by atoms with van der Waals surface area (Å²) in [5, 5.41) is 24.1.